The van der Waals surface area contributed by atoms with E-state index in [0.717, 1.165) is 65.8 Å². The molecule has 0 bridgehead atoms. The summed E-state index contributed by atoms with van der Waals surface area (Å²) in [7, 11) is -4.03. The number of aromatic nitrogens is 2. The number of carbonyl (C=O) groups is 1. The van der Waals surface area contributed by atoms with Crippen LogP contribution in [0.4, 0.5) is 0 Å². The molecule has 0 fully saturated rings. The van der Waals surface area contributed by atoms with Gasteiger partial charge in [-0.1, -0.05) is 38.1 Å². The van der Waals surface area contributed by atoms with Gasteiger partial charge in [-0.15, -0.1) is 0 Å². The van der Waals surface area contributed by atoms with Gasteiger partial charge in [0.1, 0.15) is 0 Å². The van der Waals surface area contributed by atoms with E-state index in [1.54, 1.807) is 10.7 Å². The largest absolute Gasteiger partial charge is 0.376 e. The fourth-order valence-corrected chi connectivity index (χ4v) is 6.34. The standard InChI is InChI=1S/C28H33N3O4S/c1-4-20-13-23(22-8-7-21-9-11-35-17-24(21)14-22)12-19(3)25(20)15-27(32)30-36(33,34)28-16-26-18(2)6-5-10-31(26)29-28/h7-8,12-14,16,18H,4-6,9-11,15,17H2,1-3H3,(H,30,32). The average molecular weight is 508 g/mol. The van der Waals surface area contributed by atoms with Crippen LogP contribution in [-0.4, -0.2) is 30.7 Å². The fourth-order valence-electron chi connectivity index (χ4n) is 5.38. The first-order chi connectivity index (χ1) is 17.2. The number of nitrogens with zero attached hydrogens (tertiary/aromatic N) is 2. The lowest BCUT2D eigenvalue weighted by atomic mass is 9.90. The second-order valence-corrected chi connectivity index (χ2v) is 11.6. The Morgan fingerprint density at radius 1 is 1.17 bits per heavy atom. The Bertz CT molecular complexity index is 1420. The molecule has 2 aliphatic heterocycles. The van der Waals surface area contributed by atoms with Crippen molar-refractivity contribution in [2.75, 3.05) is 6.61 Å². The maximum Gasteiger partial charge on any atom is 0.283 e. The topological polar surface area (TPSA) is 90.3 Å². The minimum absolute atomic E-state index is 0.00346. The molecule has 0 saturated carbocycles. The van der Waals surface area contributed by atoms with Crippen molar-refractivity contribution in [2.45, 2.75) is 77.0 Å². The molecule has 0 radical (unpaired) electrons. The van der Waals surface area contributed by atoms with Gasteiger partial charge in [0.05, 0.1) is 19.6 Å². The second kappa shape index (κ2) is 9.82. The molecule has 2 aliphatic rings. The number of hydrogen-bond donors (Lipinski definition) is 1. The Hall–Kier alpha value is -2.97. The van der Waals surface area contributed by atoms with E-state index in [1.165, 1.54) is 11.1 Å². The van der Waals surface area contributed by atoms with Crippen molar-refractivity contribution in [1.82, 2.24) is 14.5 Å². The van der Waals surface area contributed by atoms with E-state index in [1.807, 2.05) is 13.8 Å². The molecule has 1 unspecified atom stereocenters. The van der Waals surface area contributed by atoms with E-state index in [0.29, 0.717) is 13.2 Å². The van der Waals surface area contributed by atoms with Crippen molar-refractivity contribution in [3.8, 4) is 11.1 Å². The minimum Gasteiger partial charge on any atom is -0.376 e. The number of carbonyl (C=O) groups excluding carboxylic acids is 1. The first-order valence-corrected chi connectivity index (χ1v) is 14.2. The summed E-state index contributed by atoms with van der Waals surface area (Å²) in [5.41, 5.74) is 8.55. The van der Waals surface area contributed by atoms with Crippen LogP contribution in [-0.2, 0) is 52.0 Å². The quantitative estimate of drug-likeness (QED) is 0.533. The molecule has 3 heterocycles. The maximum atomic E-state index is 12.9. The number of benzene rings is 2. The van der Waals surface area contributed by atoms with Gasteiger partial charge in [-0.05, 0) is 83.5 Å². The molecule has 0 saturated heterocycles. The smallest absolute Gasteiger partial charge is 0.283 e. The Morgan fingerprint density at radius 2 is 2.00 bits per heavy atom. The molecule has 5 rings (SSSR count). The molecule has 0 spiro atoms. The van der Waals surface area contributed by atoms with Crippen LogP contribution in [0, 0.1) is 6.92 Å². The summed E-state index contributed by atoms with van der Waals surface area (Å²) < 4.78 is 35.5. The lowest BCUT2D eigenvalue weighted by Crippen LogP contribution is -2.32. The van der Waals surface area contributed by atoms with E-state index in [-0.39, 0.29) is 17.4 Å². The number of fused-ring (bicyclic) bond motifs is 2. The molecule has 8 heteroatoms. The molecule has 1 N–H and O–H groups in total. The molecule has 1 amide bonds. The van der Waals surface area contributed by atoms with Crippen LogP contribution < -0.4 is 4.72 Å². The summed E-state index contributed by atoms with van der Waals surface area (Å²) in [5.74, 6) is -0.299. The van der Waals surface area contributed by atoms with Crippen LogP contribution in [0.25, 0.3) is 11.1 Å². The van der Waals surface area contributed by atoms with Crippen LogP contribution in [0.2, 0.25) is 0 Å². The van der Waals surface area contributed by atoms with Crippen molar-refractivity contribution in [2.24, 2.45) is 0 Å². The Kier molecular flexibility index (Phi) is 6.74. The van der Waals surface area contributed by atoms with Gasteiger partial charge in [0.15, 0.2) is 5.03 Å². The van der Waals surface area contributed by atoms with Crippen LogP contribution in [0.3, 0.4) is 0 Å². The maximum absolute atomic E-state index is 12.9. The first-order valence-electron chi connectivity index (χ1n) is 12.7. The van der Waals surface area contributed by atoms with E-state index < -0.39 is 15.9 Å². The van der Waals surface area contributed by atoms with Crippen LogP contribution in [0.1, 0.15) is 66.1 Å². The lowest BCUT2D eigenvalue weighted by Gasteiger charge is -2.19. The van der Waals surface area contributed by atoms with E-state index in [2.05, 4.69) is 47.1 Å². The molecule has 1 aromatic heterocycles. The third-order valence-corrected chi connectivity index (χ3v) is 8.67. The third-order valence-electron chi connectivity index (χ3n) is 7.42. The fraction of sp³-hybridized carbons (Fsp3) is 0.429. The lowest BCUT2D eigenvalue weighted by molar-refractivity contribution is -0.118. The predicted octanol–water partition coefficient (Wildman–Crippen LogP) is 4.44. The number of sulfonamides is 1. The zero-order valence-corrected chi connectivity index (χ0v) is 22.0. The summed E-state index contributed by atoms with van der Waals surface area (Å²) in [4.78, 5) is 12.9. The number of hydrogen-bond acceptors (Lipinski definition) is 5. The molecule has 0 aliphatic carbocycles. The van der Waals surface area contributed by atoms with Crippen LogP contribution in [0.15, 0.2) is 41.4 Å². The van der Waals surface area contributed by atoms with Gasteiger partial charge in [-0.2, -0.15) is 13.5 Å². The predicted molar refractivity (Wildman–Crippen MR) is 138 cm³/mol. The minimum atomic E-state index is -4.03. The zero-order chi connectivity index (χ0) is 25.4. The number of amides is 1. The highest BCUT2D eigenvalue weighted by Crippen LogP contribution is 2.30. The molecular weight excluding hydrogens is 474 g/mol. The van der Waals surface area contributed by atoms with Gasteiger partial charge in [0.2, 0.25) is 5.91 Å². The highest BCUT2D eigenvalue weighted by atomic mass is 32.2. The van der Waals surface area contributed by atoms with E-state index >= 15 is 0 Å². The number of rotatable bonds is 6. The van der Waals surface area contributed by atoms with Crippen molar-refractivity contribution < 1.29 is 17.9 Å². The van der Waals surface area contributed by atoms with Crippen LogP contribution >= 0.6 is 0 Å². The highest BCUT2D eigenvalue weighted by Gasteiger charge is 2.27. The molecule has 3 aromatic rings. The Labute approximate surface area is 212 Å². The zero-order valence-electron chi connectivity index (χ0n) is 21.1. The summed E-state index contributed by atoms with van der Waals surface area (Å²) >= 11 is 0. The van der Waals surface area contributed by atoms with Crippen molar-refractivity contribution in [1.29, 1.82) is 0 Å². The molecule has 2 aromatic carbocycles. The third kappa shape index (κ3) is 4.84. The molecule has 7 nitrogen and oxygen atoms in total. The van der Waals surface area contributed by atoms with Gasteiger partial charge in [-0.3, -0.25) is 9.48 Å². The normalized spacial score (nSPS) is 17.4. The van der Waals surface area contributed by atoms with Crippen molar-refractivity contribution in [3.63, 3.8) is 0 Å². The van der Waals surface area contributed by atoms with E-state index in [9.17, 15) is 13.2 Å². The second-order valence-electron chi connectivity index (χ2n) is 9.95. The SMILES string of the molecule is CCc1cc(-c2ccc3c(c2)COCC3)cc(C)c1CC(=O)NS(=O)(=O)c1cc2n(n1)CCCC2C. The van der Waals surface area contributed by atoms with Gasteiger partial charge in [-0.25, -0.2) is 4.72 Å². The van der Waals surface area contributed by atoms with E-state index in [4.69, 9.17) is 4.74 Å². The Balaban J connectivity index is 1.36. The number of aryl methyl sites for hydroxylation is 3. The first kappa shape index (κ1) is 24.7. The van der Waals surface area contributed by atoms with Crippen LogP contribution in [0.5, 0.6) is 0 Å². The van der Waals surface area contributed by atoms with Crippen molar-refractivity contribution in [3.05, 3.63) is 69.9 Å². The van der Waals surface area contributed by atoms with Gasteiger partial charge >= 0.3 is 0 Å². The summed E-state index contributed by atoms with van der Waals surface area (Å²) in [6, 6.07) is 12.3. The summed E-state index contributed by atoms with van der Waals surface area (Å²) in [5, 5.41) is 4.18. The molecule has 190 valence electrons. The van der Waals surface area contributed by atoms with Gasteiger partial charge < -0.3 is 4.74 Å². The summed E-state index contributed by atoms with van der Waals surface area (Å²) in [6.07, 6.45) is 3.65. The van der Waals surface area contributed by atoms with Crippen molar-refractivity contribution >= 4 is 15.9 Å². The van der Waals surface area contributed by atoms with Gasteiger partial charge in [0.25, 0.3) is 10.0 Å². The highest BCUT2D eigenvalue weighted by molar-refractivity contribution is 7.90. The summed E-state index contributed by atoms with van der Waals surface area (Å²) in [6.45, 7) is 8.19. The Morgan fingerprint density at radius 3 is 2.78 bits per heavy atom. The monoisotopic (exact) mass is 507 g/mol. The molecule has 1 atom stereocenters. The molecule has 36 heavy (non-hydrogen) atoms. The van der Waals surface area contributed by atoms with Gasteiger partial charge in [0, 0.05) is 18.3 Å². The number of nitrogens with one attached hydrogen (secondary N) is 1. The molecular formula is C28H33N3O4S. The number of ether oxygens (including phenoxy) is 1. The average Bonchev–Trinajstić information content (AvgIpc) is 3.31.